The van der Waals surface area contributed by atoms with Crippen molar-refractivity contribution in [3.05, 3.63) is 105 Å². The van der Waals surface area contributed by atoms with Gasteiger partial charge in [0.15, 0.2) is 4.96 Å². The summed E-state index contributed by atoms with van der Waals surface area (Å²) in [5.74, 6) is -0.601. The molecule has 0 aliphatic heterocycles. The van der Waals surface area contributed by atoms with Crippen LogP contribution in [0.3, 0.4) is 0 Å². The zero-order valence-electron chi connectivity index (χ0n) is 19.2. The number of amides is 1. The summed E-state index contributed by atoms with van der Waals surface area (Å²) in [5.41, 5.74) is 3.47. The molecule has 0 fully saturated rings. The van der Waals surface area contributed by atoms with Crippen LogP contribution in [-0.4, -0.2) is 25.1 Å². The van der Waals surface area contributed by atoms with Crippen LogP contribution >= 0.6 is 11.3 Å². The van der Waals surface area contributed by atoms with Crippen molar-refractivity contribution >= 4 is 22.2 Å². The molecule has 1 amide bonds. The monoisotopic (exact) mass is 487 g/mol. The van der Waals surface area contributed by atoms with E-state index in [9.17, 15) is 14.0 Å². The van der Waals surface area contributed by atoms with Crippen LogP contribution in [0.2, 0.25) is 0 Å². The summed E-state index contributed by atoms with van der Waals surface area (Å²) in [6.45, 7) is 3.96. The molecule has 35 heavy (non-hydrogen) atoms. The van der Waals surface area contributed by atoms with Gasteiger partial charge in [-0.05, 0) is 37.6 Å². The third kappa shape index (κ3) is 4.38. The molecular weight excluding hydrogens is 465 g/mol. The Bertz CT molecular complexity index is 1600. The highest BCUT2D eigenvalue weighted by molar-refractivity contribution is 7.15. The van der Waals surface area contributed by atoms with E-state index in [-0.39, 0.29) is 17.9 Å². The molecule has 0 bridgehead atoms. The number of halogens is 1. The van der Waals surface area contributed by atoms with Crippen LogP contribution in [0.1, 0.15) is 22.6 Å². The summed E-state index contributed by atoms with van der Waals surface area (Å²) in [7, 11) is 0. The number of carbonyl (C=O) groups excluding carboxylic acids is 1. The lowest BCUT2D eigenvalue weighted by Gasteiger charge is -2.07. The topological polar surface area (TPSA) is 81.3 Å². The summed E-state index contributed by atoms with van der Waals surface area (Å²) in [6, 6.07) is 17.7. The van der Waals surface area contributed by atoms with Crippen LogP contribution in [-0.2, 0) is 17.8 Å². The number of para-hydroxylation sites is 1. The van der Waals surface area contributed by atoms with Crippen molar-refractivity contribution in [1.82, 2.24) is 24.5 Å². The maximum Gasteiger partial charge on any atom is 0.268 e. The quantitative estimate of drug-likeness (QED) is 0.389. The summed E-state index contributed by atoms with van der Waals surface area (Å²) in [6.07, 6.45) is 0.0413. The van der Waals surface area contributed by atoms with Gasteiger partial charge < -0.3 is 5.32 Å². The van der Waals surface area contributed by atoms with Gasteiger partial charge in [0.1, 0.15) is 17.2 Å². The second kappa shape index (κ2) is 9.27. The van der Waals surface area contributed by atoms with Gasteiger partial charge in [0.25, 0.3) is 5.56 Å². The first-order valence-corrected chi connectivity index (χ1v) is 11.9. The van der Waals surface area contributed by atoms with E-state index in [1.165, 1.54) is 26.5 Å². The largest absolute Gasteiger partial charge is 0.352 e. The van der Waals surface area contributed by atoms with Gasteiger partial charge in [0.2, 0.25) is 5.91 Å². The number of hydrogen-bond donors (Lipinski definition) is 1. The van der Waals surface area contributed by atoms with Crippen molar-refractivity contribution in [3.63, 3.8) is 0 Å². The third-order valence-electron chi connectivity index (χ3n) is 5.72. The number of fused-ring (bicyclic) bond motifs is 1. The Hall–Kier alpha value is -4.11. The van der Waals surface area contributed by atoms with Gasteiger partial charge >= 0.3 is 0 Å². The molecule has 5 aromatic rings. The minimum atomic E-state index is -0.408. The Morgan fingerprint density at radius 3 is 2.60 bits per heavy atom. The minimum Gasteiger partial charge on any atom is -0.352 e. The number of rotatable bonds is 6. The number of nitrogens with one attached hydrogen (secondary N) is 1. The molecule has 0 spiro atoms. The van der Waals surface area contributed by atoms with Crippen LogP contribution in [0.15, 0.2) is 70.8 Å². The van der Waals surface area contributed by atoms with Crippen LogP contribution in [0.25, 0.3) is 21.9 Å². The minimum absolute atomic E-state index is 0.0413. The second-order valence-corrected chi connectivity index (χ2v) is 9.03. The predicted octanol–water partition coefficient (Wildman–Crippen LogP) is 4.22. The van der Waals surface area contributed by atoms with Crippen molar-refractivity contribution in [2.75, 3.05) is 0 Å². The molecule has 9 heteroatoms. The zero-order valence-corrected chi connectivity index (χ0v) is 20.0. The molecule has 5 rings (SSSR count). The molecular formula is C26H22FN5O2S. The lowest BCUT2D eigenvalue weighted by Crippen LogP contribution is -2.27. The Kier molecular flexibility index (Phi) is 6.00. The molecule has 2 aromatic carbocycles. The third-order valence-corrected chi connectivity index (χ3v) is 6.59. The number of aryl methyl sites for hydroxylation is 2. The molecule has 0 saturated heterocycles. The first-order chi connectivity index (χ1) is 16.9. The van der Waals surface area contributed by atoms with E-state index >= 15 is 0 Å². The fraction of sp³-hybridized carbons (Fsp3) is 0.154. The number of benzene rings is 2. The zero-order chi connectivity index (χ0) is 24.5. The van der Waals surface area contributed by atoms with Crippen molar-refractivity contribution in [2.24, 2.45) is 0 Å². The number of aromatic nitrogens is 4. The molecule has 7 nitrogen and oxygen atoms in total. The lowest BCUT2D eigenvalue weighted by molar-refractivity contribution is -0.120. The van der Waals surface area contributed by atoms with Crippen molar-refractivity contribution < 1.29 is 9.18 Å². The lowest BCUT2D eigenvalue weighted by atomic mass is 10.1. The highest BCUT2D eigenvalue weighted by Gasteiger charge is 2.20. The molecule has 3 heterocycles. The van der Waals surface area contributed by atoms with Gasteiger partial charge in [-0.3, -0.25) is 14.0 Å². The van der Waals surface area contributed by atoms with Gasteiger partial charge in [0.05, 0.1) is 17.7 Å². The Balaban J connectivity index is 1.49. The highest BCUT2D eigenvalue weighted by atomic mass is 32.1. The molecule has 0 radical (unpaired) electrons. The molecule has 0 aliphatic carbocycles. The van der Waals surface area contributed by atoms with Crippen LogP contribution in [0, 0.1) is 19.7 Å². The van der Waals surface area contributed by atoms with Gasteiger partial charge in [-0.15, -0.1) is 11.3 Å². The number of thiazole rings is 1. The van der Waals surface area contributed by atoms with E-state index in [1.807, 2.05) is 30.3 Å². The fourth-order valence-electron chi connectivity index (χ4n) is 4.01. The summed E-state index contributed by atoms with van der Waals surface area (Å²) < 4.78 is 17.3. The first-order valence-electron chi connectivity index (χ1n) is 11.0. The Morgan fingerprint density at radius 2 is 1.83 bits per heavy atom. The number of carbonyl (C=O) groups is 1. The fourth-order valence-corrected chi connectivity index (χ4v) is 4.94. The Labute approximate surface area is 204 Å². The van der Waals surface area contributed by atoms with Gasteiger partial charge in [0, 0.05) is 23.3 Å². The van der Waals surface area contributed by atoms with Crippen LogP contribution < -0.4 is 10.9 Å². The number of nitrogens with zero attached hydrogens (tertiary/aromatic N) is 4. The average molecular weight is 488 g/mol. The van der Waals surface area contributed by atoms with E-state index in [2.05, 4.69) is 15.4 Å². The first kappa shape index (κ1) is 22.7. The second-order valence-electron chi connectivity index (χ2n) is 8.20. The maximum atomic E-state index is 14.4. The summed E-state index contributed by atoms with van der Waals surface area (Å²) in [4.78, 5) is 31.3. The predicted molar refractivity (Wildman–Crippen MR) is 133 cm³/mol. The number of hydrogen-bond acceptors (Lipinski definition) is 5. The van der Waals surface area contributed by atoms with E-state index in [0.29, 0.717) is 45.5 Å². The normalized spacial score (nSPS) is 11.2. The summed E-state index contributed by atoms with van der Waals surface area (Å²) in [5, 5.41) is 9.19. The molecule has 0 saturated carbocycles. The van der Waals surface area contributed by atoms with Gasteiger partial charge in [-0.1, -0.05) is 42.5 Å². The van der Waals surface area contributed by atoms with Gasteiger partial charge in [-0.25, -0.2) is 14.1 Å². The van der Waals surface area contributed by atoms with E-state index < -0.39 is 5.82 Å². The molecule has 0 atom stereocenters. The SMILES string of the molecule is Cc1nc2scc(CC(=O)NCc3ccccc3)n2c(=O)c1-c1cc(C)n(-c2ccccc2F)n1. The van der Waals surface area contributed by atoms with Crippen molar-refractivity contribution in [3.8, 4) is 16.9 Å². The van der Waals surface area contributed by atoms with Gasteiger partial charge in [-0.2, -0.15) is 5.10 Å². The Morgan fingerprint density at radius 1 is 1.09 bits per heavy atom. The smallest absolute Gasteiger partial charge is 0.268 e. The average Bonchev–Trinajstić information content (AvgIpc) is 3.42. The standard InChI is InChI=1S/C26H22FN5O2S/c1-16-12-21(30-32(16)22-11-7-6-10-20(22)27)24-17(2)29-26-31(25(24)34)19(15-35-26)13-23(33)28-14-18-8-4-3-5-9-18/h3-12,15H,13-14H2,1-2H3,(H,28,33). The molecule has 3 aromatic heterocycles. The van der Waals surface area contributed by atoms with E-state index in [1.54, 1.807) is 43.5 Å². The van der Waals surface area contributed by atoms with Crippen molar-refractivity contribution in [1.29, 1.82) is 0 Å². The molecule has 0 unspecified atom stereocenters. The molecule has 0 aliphatic rings. The van der Waals surface area contributed by atoms with Crippen molar-refractivity contribution in [2.45, 2.75) is 26.8 Å². The van der Waals surface area contributed by atoms with E-state index in [4.69, 9.17) is 0 Å². The highest BCUT2D eigenvalue weighted by Crippen LogP contribution is 2.24. The van der Waals surface area contributed by atoms with Crippen LogP contribution in [0.4, 0.5) is 4.39 Å². The van der Waals surface area contributed by atoms with E-state index in [0.717, 1.165) is 5.56 Å². The summed E-state index contributed by atoms with van der Waals surface area (Å²) >= 11 is 1.31. The molecule has 176 valence electrons. The maximum absolute atomic E-state index is 14.4. The van der Waals surface area contributed by atoms with Crippen LogP contribution in [0.5, 0.6) is 0 Å². The molecule has 1 N–H and O–H groups in total.